The highest BCUT2D eigenvalue weighted by atomic mass is 31.2. The van der Waals surface area contributed by atoms with Gasteiger partial charge < -0.3 is 48.0 Å². The second-order valence-electron chi connectivity index (χ2n) is 17.3. The molecule has 1 rings (SSSR count). The van der Waals surface area contributed by atoms with Crippen LogP contribution in [0.15, 0.2) is 60.8 Å². The van der Waals surface area contributed by atoms with Gasteiger partial charge in [0.25, 0.3) is 7.82 Å². The zero-order chi connectivity index (χ0) is 45.9. The Morgan fingerprint density at radius 2 is 1.37 bits per heavy atom. The van der Waals surface area contributed by atoms with Crippen LogP contribution in [-0.2, 0) is 37.4 Å². The Bertz CT molecular complexity index is 1360. The van der Waals surface area contributed by atoms with Crippen molar-refractivity contribution in [1.29, 1.82) is 0 Å². The molecule has 14 heteroatoms. The maximum Gasteiger partial charge on any atom is 0.306 e. The number of phosphoric ester groups is 1. The van der Waals surface area contributed by atoms with E-state index in [0.29, 0.717) is 43.1 Å². The van der Waals surface area contributed by atoms with Crippen molar-refractivity contribution in [3.8, 4) is 0 Å². The van der Waals surface area contributed by atoms with Gasteiger partial charge in [0, 0.05) is 25.2 Å². The Morgan fingerprint density at radius 1 is 0.774 bits per heavy atom. The van der Waals surface area contributed by atoms with Crippen LogP contribution in [0, 0.1) is 5.92 Å². The zero-order valence-corrected chi connectivity index (χ0v) is 39.7. The molecule has 0 amide bonds. The molecule has 7 atom stereocenters. The van der Waals surface area contributed by atoms with E-state index in [-0.39, 0.29) is 38.4 Å². The first-order valence-electron chi connectivity index (χ1n) is 23.4. The monoisotopic (exact) mass is 898 g/mol. The maximum atomic E-state index is 12.7. The second-order valence-corrected chi connectivity index (χ2v) is 18.7. The van der Waals surface area contributed by atoms with E-state index >= 15 is 0 Å². The minimum absolute atomic E-state index is 0.0749. The smallest absolute Gasteiger partial charge is 0.306 e. The Labute approximate surface area is 374 Å². The summed E-state index contributed by atoms with van der Waals surface area (Å²) in [6.45, 7) is 3.74. The van der Waals surface area contributed by atoms with Crippen molar-refractivity contribution in [2.24, 2.45) is 5.92 Å². The fourth-order valence-electron chi connectivity index (χ4n) is 6.52. The largest absolute Gasteiger partial charge is 0.756 e. The molecule has 0 aromatic rings. The van der Waals surface area contributed by atoms with E-state index in [2.05, 4.69) is 50.3 Å². The fraction of sp³-hybridized carbons (Fsp3) is 0.750. The van der Waals surface area contributed by atoms with Crippen LogP contribution in [0.5, 0.6) is 0 Å². The van der Waals surface area contributed by atoms with Crippen molar-refractivity contribution in [2.75, 3.05) is 47.5 Å². The van der Waals surface area contributed by atoms with E-state index < -0.39 is 57.1 Å². The normalized spacial score (nSPS) is 20.8. The molecule has 1 heterocycles. The van der Waals surface area contributed by atoms with Gasteiger partial charge in [-0.05, 0) is 70.6 Å². The minimum Gasteiger partial charge on any atom is -0.756 e. The van der Waals surface area contributed by atoms with Crippen LogP contribution in [0.2, 0.25) is 0 Å². The number of allylic oxidation sites excluding steroid dienone is 8. The van der Waals surface area contributed by atoms with E-state index in [9.17, 15) is 34.4 Å². The number of aliphatic hydroxyl groups is 3. The number of hydrogen-bond donors (Lipinski definition) is 3. The lowest BCUT2D eigenvalue weighted by atomic mass is 9.87. The van der Waals surface area contributed by atoms with Crippen molar-refractivity contribution in [3.05, 3.63) is 60.8 Å². The summed E-state index contributed by atoms with van der Waals surface area (Å²) in [6.07, 6.45) is 32.9. The molecule has 0 aromatic heterocycles. The third kappa shape index (κ3) is 33.1. The van der Waals surface area contributed by atoms with E-state index in [4.69, 9.17) is 23.3 Å². The number of carbonyl (C=O) groups is 2. The number of likely N-dealkylation sites (N-methyl/N-ethyl adjacent to an activating group) is 1. The van der Waals surface area contributed by atoms with Gasteiger partial charge in [-0.2, -0.15) is 0 Å². The Hall–Kier alpha value is -2.45. The summed E-state index contributed by atoms with van der Waals surface area (Å²) in [7, 11) is 0.991. The van der Waals surface area contributed by atoms with Crippen LogP contribution in [0.25, 0.3) is 0 Å². The summed E-state index contributed by atoms with van der Waals surface area (Å²) in [6, 6.07) is 0. The summed E-state index contributed by atoms with van der Waals surface area (Å²) < 4.78 is 39.5. The van der Waals surface area contributed by atoms with Crippen molar-refractivity contribution >= 4 is 19.8 Å². The Balaban J connectivity index is 2.53. The number of quaternary nitrogens is 1. The molecular weight excluding hydrogens is 813 g/mol. The average Bonchev–Trinajstić information content (AvgIpc) is 3.20. The van der Waals surface area contributed by atoms with Crippen LogP contribution >= 0.6 is 7.82 Å². The second kappa shape index (κ2) is 35.8. The number of nitrogens with zero attached hydrogens (tertiary/aromatic N) is 1. The predicted octanol–water partition coefficient (Wildman–Crippen LogP) is 8.72. The lowest BCUT2D eigenvalue weighted by Crippen LogP contribution is -2.43. The molecule has 62 heavy (non-hydrogen) atoms. The quantitative estimate of drug-likeness (QED) is 0.0178. The maximum absolute atomic E-state index is 12.7. The van der Waals surface area contributed by atoms with Crippen LogP contribution in [0.1, 0.15) is 149 Å². The minimum atomic E-state index is -4.71. The molecule has 0 saturated carbocycles. The van der Waals surface area contributed by atoms with Crippen molar-refractivity contribution in [1.82, 2.24) is 0 Å². The highest BCUT2D eigenvalue weighted by Crippen LogP contribution is 2.38. The molecular formula is C48H84NO12P. The SMILES string of the molecule is CCCCC/C=C\C/C=C\C/C=C\CCCCCCC(=O)O[C@H](COC(=O)CCC/C=C\C[C@H]1[C@@H](O)CC(O)O[C@@H]1/C=C/[C@@H](O)CCCCC)COP(=O)([O-])OCC[N+](C)(C)C. The number of phosphoric acid groups is 1. The van der Waals surface area contributed by atoms with Crippen LogP contribution in [-0.4, -0.2) is 110 Å². The topological polar surface area (TPSA) is 181 Å². The van der Waals surface area contributed by atoms with Gasteiger partial charge in [0.15, 0.2) is 12.4 Å². The standard InChI is InChI=1S/C48H84NO12P/c1-6-8-10-11-12-13-14-15-16-17-18-19-20-21-22-23-29-33-47(53)60-42(40-59-62(55,56)58-37-36-49(3,4)5)39-57-46(52)32-28-25-24-27-31-43-44(51)38-48(54)61-45(43)35-34-41(50)30-26-9-7-2/h12-13,15-16,18-19,24,27,34-35,41-45,48,50-51,54H,6-11,14,17,20-23,25-26,28-33,36-40H2,1-5H3/b13-12-,16-15-,19-18-,27-24-,35-34+/t41-,42+,43-,44-,45+,48?/m0/s1. The predicted molar refractivity (Wildman–Crippen MR) is 244 cm³/mol. The lowest BCUT2D eigenvalue weighted by Gasteiger charge is -2.36. The van der Waals surface area contributed by atoms with Crippen LogP contribution in [0.3, 0.4) is 0 Å². The van der Waals surface area contributed by atoms with Crippen molar-refractivity contribution in [2.45, 2.75) is 179 Å². The molecule has 3 N–H and O–H groups in total. The molecule has 358 valence electrons. The first kappa shape index (κ1) is 57.6. The van der Waals surface area contributed by atoms with Gasteiger partial charge >= 0.3 is 11.9 Å². The molecule has 0 aromatic carbocycles. The summed E-state index contributed by atoms with van der Waals surface area (Å²) >= 11 is 0. The number of hydrogen-bond acceptors (Lipinski definition) is 12. The molecule has 13 nitrogen and oxygen atoms in total. The first-order chi connectivity index (χ1) is 29.7. The summed E-state index contributed by atoms with van der Waals surface area (Å²) in [5.74, 6) is -1.37. The highest BCUT2D eigenvalue weighted by Gasteiger charge is 2.35. The molecule has 1 saturated heterocycles. The molecule has 0 spiro atoms. The van der Waals surface area contributed by atoms with Crippen molar-refractivity contribution < 1.29 is 62.1 Å². The first-order valence-corrected chi connectivity index (χ1v) is 24.8. The van der Waals surface area contributed by atoms with Crippen LogP contribution in [0.4, 0.5) is 0 Å². The summed E-state index contributed by atoms with van der Waals surface area (Å²) in [5.41, 5.74) is 0. The van der Waals surface area contributed by atoms with Crippen molar-refractivity contribution in [3.63, 3.8) is 0 Å². The van der Waals surface area contributed by atoms with E-state index in [1.54, 1.807) is 12.2 Å². The third-order valence-electron chi connectivity index (χ3n) is 10.3. The van der Waals surface area contributed by atoms with Gasteiger partial charge in [-0.3, -0.25) is 14.2 Å². The molecule has 0 aliphatic carbocycles. The molecule has 0 radical (unpaired) electrons. The van der Waals surface area contributed by atoms with Gasteiger partial charge in [-0.1, -0.05) is 120 Å². The van der Waals surface area contributed by atoms with Gasteiger partial charge in [0.05, 0.1) is 46.1 Å². The summed E-state index contributed by atoms with van der Waals surface area (Å²) in [5, 5.41) is 31.0. The van der Waals surface area contributed by atoms with E-state index in [1.165, 1.54) is 19.3 Å². The number of aliphatic hydroxyl groups excluding tert-OH is 3. The van der Waals surface area contributed by atoms with Gasteiger partial charge in [0.2, 0.25) is 0 Å². The Morgan fingerprint density at radius 3 is 2.05 bits per heavy atom. The van der Waals surface area contributed by atoms with E-state index in [0.717, 1.165) is 64.2 Å². The average molecular weight is 898 g/mol. The number of rotatable bonds is 37. The van der Waals surface area contributed by atoms with Crippen LogP contribution < -0.4 is 4.89 Å². The van der Waals surface area contributed by atoms with E-state index in [1.807, 2.05) is 33.3 Å². The molecule has 1 aliphatic rings. The zero-order valence-electron chi connectivity index (χ0n) is 38.8. The van der Waals surface area contributed by atoms with Gasteiger partial charge in [0.1, 0.15) is 19.8 Å². The fourth-order valence-corrected chi connectivity index (χ4v) is 7.25. The molecule has 1 aliphatic heterocycles. The number of unbranched alkanes of at least 4 members (excludes halogenated alkanes) is 10. The number of carbonyl (C=O) groups excluding carboxylic acids is 2. The molecule has 1 fully saturated rings. The molecule has 2 unspecified atom stereocenters. The number of ether oxygens (including phenoxy) is 3. The highest BCUT2D eigenvalue weighted by molar-refractivity contribution is 7.45. The number of esters is 2. The molecule has 0 bridgehead atoms. The lowest BCUT2D eigenvalue weighted by molar-refractivity contribution is -0.870. The Kier molecular flexibility index (Phi) is 33.3. The summed E-state index contributed by atoms with van der Waals surface area (Å²) in [4.78, 5) is 37.8. The van der Waals surface area contributed by atoms with Gasteiger partial charge in [-0.25, -0.2) is 0 Å². The third-order valence-corrected chi connectivity index (χ3v) is 11.3. The van der Waals surface area contributed by atoms with Gasteiger partial charge in [-0.15, -0.1) is 0 Å².